The minimum Gasteiger partial charge on any atom is -0.497 e. The molecule has 1 amide bonds. The average Bonchev–Trinajstić information content (AvgIpc) is 2.46. The van der Waals surface area contributed by atoms with Gasteiger partial charge in [0.05, 0.1) is 7.11 Å². The highest BCUT2D eigenvalue weighted by Crippen LogP contribution is 2.40. The molecule has 0 bridgehead atoms. The van der Waals surface area contributed by atoms with Gasteiger partial charge in [0.2, 0.25) is 5.91 Å². The molecular weight excluding hydrogens is 262 g/mol. The fourth-order valence-electron chi connectivity index (χ4n) is 3.17. The van der Waals surface area contributed by atoms with Gasteiger partial charge in [-0.05, 0) is 49.1 Å². The number of anilines is 1. The lowest BCUT2D eigenvalue weighted by Crippen LogP contribution is -2.31. The summed E-state index contributed by atoms with van der Waals surface area (Å²) in [5.41, 5.74) is 1.17. The summed E-state index contributed by atoms with van der Waals surface area (Å²) in [6, 6.07) is 7.54. The van der Waals surface area contributed by atoms with E-state index in [0.717, 1.165) is 43.0 Å². The lowest BCUT2D eigenvalue weighted by atomic mass is 9.69. The van der Waals surface area contributed by atoms with Crippen LogP contribution in [-0.2, 0) is 4.79 Å². The number of amides is 1. The number of carbonyl (C=O) groups is 1. The number of hydrogen-bond donors (Lipinski definition) is 1. The van der Waals surface area contributed by atoms with Crippen molar-refractivity contribution in [3.63, 3.8) is 0 Å². The van der Waals surface area contributed by atoms with E-state index in [9.17, 15) is 4.79 Å². The van der Waals surface area contributed by atoms with E-state index in [0.29, 0.717) is 5.41 Å². The average molecular weight is 289 g/mol. The SMILES string of the molecule is COc1cccc(NC(=O)C2CCC(C(C)(C)C)CC2)c1. The van der Waals surface area contributed by atoms with Gasteiger partial charge in [0, 0.05) is 17.7 Å². The van der Waals surface area contributed by atoms with Gasteiger partial charge in [-0.15, -0.1) is 0 Å². The number of methoxy groups -OCH3 is 1. The van der Waals surface area contributed by atoms with Crippen LogP contribution in [0.5, 0.6) is 5.75 Å². The second-order valence-corrected chi connectivity index (χ2v) is 7.14. The van der Waals surface area contributed by atoms with E-state index in [1.807, 2.05) is 24.3 Å². The Balaban J connectivity index is 1.90. The maximum Gasteiger partial charge on any atom is 0.227 e. The molecule has 1 fully saturated rings. The van der Waals surface area contributed by atoms with Crippen molar-refractivity contribution in [2.24, 2.45) is 17.3 Å². The fraction of sp³-hybridized carbons (Fsp3) is 0.611. The molecular formula is C18H27NO2. The van der Waals surface area contributed by atoms with Gasteiger partial charge in [-0.1, -0.05) is 26.8 Å². The zero-order chi connectivity index (χ0) is 15.5. The van der Waals surface area contributed by atoms with Gasteiger partial charge in [0.15, 0.2) is 0 Å². The first kappa shape index (κ1) is 15.9. The first-order valence-corrected chi connectivity index (χ1v) is 7.85. The monoisotopic (exact) mass is 289 g/mol. The molecule has 1 aromatic rings. The first-order valence-electron chi connectivity index (χ1n) is 7.85. The lowest BCUT2D eigenvalue weighted by molar-refractivity contribution is -0.121. The highest BCUT2D eigenvalue weighted by atomic mass is 16.5. The highest BCUT2D eigenvalue weighted by Gasteiger charge is 2.32. The van der Waals surface area contributed by atoms with E-state index in [4.69, 9.17) is 4.74 Å². The van der Waals surface area contributed by atoms with Crippen molar-refractivity contribution in [1.82, 2.24) is 0 Å². The van der Waals surface area contributed by atoms with Gasteiger partial charge < -0.3 is 10.1 Å². The lowest BCUT2D eigenvalue weighted by Gasteiger charge is -2.36. The van der Waals surface area contributed by atoms with Gasteiger partial charge >= 0.3 is 0 Å². The molecule has 0 aromatic heterocycles. The summed E-state index contributed by atoms with van der Waals surface area (Å²) in [4.78, 5) is 12.4. The van der Waals surface area contributed by atoms with Crippen LogP contribution in [0.4, 0.5) is 5.69 Å². The molecule has 3 nitrogen and oxygen atoms in total. The number of benzene rings is 1. The molecule has 1 aromatic carbocycles. The summed E-state index contributed by atoms with van der Waals surface area (Å²) in [6.45, 7) is 6.90. The molecule has 1 aliphatic carbocycles. The summed E-state index contributed by atoms with van der Waals surface area (Å²) < 4.78 is 5.18. The van der Waals surface area contributed by atoms with Crippen LogP contribution in [0.3, 0.4) is 0 Å². The Morgan fingerprint density at radius 2 is 1.86 bits per heavy atom. The smallest absolute Gasteiger partial charge is 0.227 e. The van der Waals surface area contributed by atoms with Gasteiger partial charge in [0.1, 0.15) is 5.75 Å². The topological polar surface area (TPSA) is 38.3 Å². The van der Waals surface area contributed by atoms with Gasteiger partial charge in [-0.25, -0.2) is 0 Å². The van der Waals surface area contributed by atoms with E-state index in [-0.39, 0.29) is 11.8 Å². The van der Waals surface area contributed by atoms with E-state index >= 15 is 0 Å². The van der Waals surface area contributed by atoms with E-state index in [2.05, 4.69) is 26.1 Å². The van der Waals surface area contributed by atoms with Crippen LogP contribution < -0.4 is 10.1 Å². The van der Waals surface area contributed by atoms with E-state index < -0.39 is 0 Å². The summed E-state index contributed by atoms with van der Waals surface area (Å²) in [5, 5.41) is 3.02. The summed E-state index contributed by atoms with van der Waals surface area (Å²) in [5.74, 6) is 1.80. The number of carbonyl (C=O) groups excluding carboxylic acids is 1. The van der Waals surface area contributed by atoms with Crippen LogP contribution in [0.1, 0.15) is 46.5 Å². The molecule has 0 unspecified atom stereocenters. The van der Waals surface area contributed by atoms with E-state index in [1.54, 1.807) is 7.11 Å². The fourth-order valence-corrected chi connectivity index (χ4v) is 3.17. The molecule has 0 radical (unpaired) electrons. The van der Waals surface area contributed by atoms with Crippen molar-refractivity contribution >= 4 is 11.6 Å². The van der Waals surface area contributed by atoms with Crippen LogP contribution in [0.25, 0.3) is 0 Å². The van der Waals surface area contributed by atoms with E-state index in [1.165, 1.54) is 0 Å². The Labute approximate surface area is 128 Å². The maximum absolute atomic E-state index is 12.4. The van der Waals surface area contributed by atoms with Crippen molar-refractivity contribution < 1.29 is 9.53 Å². The van der Waals surface area contributed by atoms with Crippen LogP contribution in [0, 0.1) is 17.3 Å². The minimum atomic E-state index is 0.148. The van der Waals surface area contributed by atoms with Gasteiger partial charge in [-0.2, -0.15) is 0 Å². The third-order valence-corrected chi connectivity index (χ3v) is 4.66. The van der Waals surface area contributed by atoms with Crippen LogP contribution >= 0.6 is 0 Å². The molecule has 0 atom stereocenters. The Bertz CT molecular complexity index is 482. The number of hydrogen-bond acceptors (Lipinski definition) is 2. The Morgan fingerprint density at radius 3 is 2.43 bits per heavy atom. The molecule has 3 heteroatoms. The molecule has 0 spiro atoms. The second kappa shape index (κ2) is 6.50. The third kappa shape index (κ3) is 4.23. The van der Waals surface area contributed by atoms with Crippen LogP contribution in [0.2, 0.25) is 0 Å². The van der Waals surface area contributed by atoms with Crippen molar-refractivity contribution in [2.45, 2.75) is 46.5 Å². The van der Waals surface area contributed by atoms with Crippen molar-refractivity contribution in [3.05, 3.63) is 24.3 Å². The predicted molar refractivity (Wildman–Crippen MR) is 86.5 cm³/mol. The molecule has 1 N–H and O–H groups in total. The predicted octanol–water partition coefficient (Wildman–Crippen LogP) is 4.49. The second-order valence-electron chi connectivity index (χ2n) is 7.14. The number of rotatable bonds is 3. The molecule has 21 heavy (non-hydrogen) atoms. The number of nitrogens with one attached hydrogen (secondary N) is 1. The Morgan fingerprint density at radius 1 is 1.19 bits per heavy atom. The standard InChI is InChI=1S/C18H27NO2/c1-18(2,3)14-10-8-13(9-11-14)17(20)19-15-6-5-7-16(12-15)21-4/h5-7,12-14H,8-11H2,1-4H3,(H,19,20). The molecule has 1 saturated carbocycles. The van der Waals surface area contributed by atoms with Crippen LogP contribution in [0.15, 0.2) is 24.3 Å². The molecule has 116 valence electrons. The molecule has 0 saturated heterocycles. The molecule has 1 aliphatic rings. The highest BCUT2D eigenvalue weighted by molar-refractivity contribution is 5.92. The first-order chi connectivity index (χ1) is 9.90. The molecule has 2 rings (SSSR count). The third-order valence-electron chi connectivity index (χ3n) is 4.66. The summed E-state index contributed by atoms with van der Waals surface area (Å²) in [7, 11) is 1.63. The number of ether oxygens (including phenoxy) is 1. The van der Waals surface area contributed by atoms with Gasteiger partial charge in [0.25, 0.3) is 0 Å². The maximum atomic E-state index is 12.4. The van der Waals surface area contributed by atoms with Gasteiger partial charge in [-0.3, -0.25) is 4.79 Å². The van der Waals surface area contributed by atoms with Crippen molar-refractivity contribution in [1.29, 1.82) is 0 Å². The Hall–Kier alpha value is -1.51. The normalized spacial score (nSPS) is 22.7. The molecule has 0 aliphatic heterocycles. The van der Waals surface area contributed by atoms with Crippen molar-refractivity contribution in [3.8, 4) is 5.75 Å². The minimum absolute atomic E-state index is 0.148. The zero-order valence-electron chi connectivity index (χ0n) is 13.6. The molecule has 0 heterocycles. The zero-order valence-corrected chi connectivity index (χ0v) is 13.6. The van der Waals surface area contributed by atoms with Crippen LogP contribution in [-0.4, -0.2) is 13.0 Å². The largest absolute Gasteiger partial charge is 0.497 e. The van der Waals surface area contributed by atoms with Crippen molar-refractivity contribution in [2.75, 3.05) is 12.4 Å². The summed E-state index contributed by atoms with van der Waals surface area (Å²) >= 11 is 0. The summed E-state index contributed by atoms with van der Waals surface area (Å²) in [6.07, 6.45) is 4.30. The Kier molecular flexibility index (Phi) is 4.92. The quantitative estimate of drug-likeness (QED) is 0.890.